The maximum Gasteiger partial charge on any atom is 0.254 e. The predicted molar refractivity (Wildman–Crippen MR) is 98.5 cm³/mol. The van der Waals surface area contributed by atoms with Crippen LogP contribution < -0.4 is 14.8 Å². The van der Waals surface area contributed by atoms with Crippen molar-refractivity contribution in [1.82, 2.24) is 10.2 Å². The zero-order chi connectivity index (χ0) is 18.7. The maximum absolute atomic E-state index is 12.8. The Labute approximate surface area is 154 Å². The summed E-state index contributed by atoms with van der Waals surface area (Å²) in [5.74, 6) is 1.93. The third kappa shape index (κ3) is 4.29. The van der Waals surface area contributed by atoms with E-state index in [9.17, 15) is 9.59 Å². The van der Waals surface area contributed by atoms with Gasteiger partial charge in [-0.25, -0.2) is 0 Å². The largest absolute Gasteiger partial charge is 0.497 e. The number of rotatable bonds is 6. The Kier molecular flexibility index (Phi) is 5.69. The van der Waals surface area contributed by atoms with Crippen molar-refractivity contribution in [1.29, 1.82) is 0 Å². The van der Waals surface area contributed by atoms with E-state index in [1.165, 1.54) is 12.8 Å². The number of ether oxygens (including phenoxy) is 2. The molecule has 2 fully saturated rings. The molecule has 3 rings (SSSR count). The number of nitrogens with one attached hydrogen (secondary N) is 1. The van der Waals surface area contributed by atoms with Crippen LogP contribution in [0.2, 0.25) is 0 Å². The van der Waals surface area contributed by atoms with Gasteiger partial charge in [0.25, 0.3) is 5.91 Å². The van der Waals surface area contributed by atoms with Gasteiger partial charge in [0, 0.05) is 36.7 Å². The van der Waals surface area contributed by atoms with Crippen molar-refractivity contribution < 1.29 is 19.1 Å². The summed E-state index contributed by atoms with van der Waals surface area (Å²) in [4.78, 5) is 27.0. The first-order valence-corrected chi connectivity index (χ1v) is 9.34. The van der Waals surface area contributed by atoms with Crippen LogP contribution in [0.1, 0.15) is 43.0 Å². The first kappa shape index (κ1) is 18.5. The summed E-state index contributed by atoms with van der Waals surface area (Å²) < 4.78 is 10.5. The summed E-state index contributed by atoms with van der Waals surface area (Å²) in [5.41, 5.74) is 0.548. The normalized spacial score (nSPS) is 19.0. The monoisotopic (exact) mass is 360 g/mol. The molecule has 1 aromatic rings. The quantitative estimate of drug-likeness (QED) is 0.846. The number of piperidine rings is 1. The third-order valence-corrected chi connectivity index (χ3v) is 5.45. The van der Waals surface area contributed by atoms with E-state index in [0.29, 0.717) is 48.9 Å². The third-order valence-electron chi connectivity index (χ3n) is 5.45. The Bertz CT molecular complexity index is 642. The Balaban J connectivity index is 1.57. The van der Waals surface area contributed by atoms with Gasteiger partial charge in [-0.3, -0.25) is 9.59 Å². The number of amides is 2. The van der Waals surface area contributed by atoms with Crippen LogP contribution in [0.5, 0.6) is 11.5 Å². The van der Waals surface area contributed by atoms with Gasteiger partial charge < -0.3 is 19.7 Å². The smallest absolute Gasteiger partial charge is 0.254 e. The van der Waals surface area contributed by atoms with Gasteiger partial charge in [0.1, 0.15) is 11.5 Å². The molecule has 1 saturated carbocycles. The van der Waals surface area contributed by atoms with Crippen LogP contribution in [0, 0.1) is 11.8 Å². The molecule has 0 radical (unpaired) electrons. The minimum atomic E-state index is -0.0487. The van der Waals surface area contributed by atoms with Gasteiger partial charge >= 0.3 is 0 Å². The molecule has 0 unspecified atom stereocenters. The molecular weight excluding hydrogens is 332 g/mol. The second-order valence-corrected chi connectivity index (χ2v) is 7.30. The molecule has 0 aromatic heterocycles. The van der Waals surface area contributed by atoms with E-state index in [1.54, 1.807) is 32.4 Å². The lowest BCUT2D eigenvalue weighted by Gasteiger charge is -2.32. The predicted octanol–water partition coefficient (Wildman–Crippen LogP) is 2.47. The van der Waals surface area contributed by atoms with Gasteiger partial charge in [0.2, 0.25) is 5.91 Å². The molecule has 26 heavy (non-hydrogen) atoms. The Hall–Kier alpha value is -2.24. The summed E-state index contributed by atoms with van der Waals surface area (Å²) in [6.45, 7) is 3.27. The van der Waals surface area contributed by atoms with E-state index in [4.69, 9.17) is 9.47 Å². The van der Waals surface area contributed by atoms with Gasteiger partial charge in [-0.05, 0) is 50.7 Å². The highest BCUT2D eigenvalue weighted by Gasteiger charge is 2.32. The van der Waals surface area contributed by atoms with E-state index < -0.39 is 0 Å². The molecule has 1 aromatic carbocycles. The zero-order valence-electron chi connectivity index (χ0n) is 15.8. The van der Waals surface area contributed by atoms with Crippen molar-refractivity contribution in [3.05, 3.63) is 23.8 Å². The van der Waals surface area contributed by atoms with Gasteiger partial charge in [-0.2, -0.15) is 0 Å². The number of benzene rings is 1. The molecule has 6 nitrogen and oxygen atoms in total. The highest BCUT2D eigenvalue weighted by atomic mass is 16.5. The van der Waals surface area contributed by atoms with Gasteiger partial charge in [0.05, 0.1) is 14.2 Å². The van der Waals surface area contributed by atoms with Crippen LogP contribution in [-0.4, -0.2) is 50.1 Å². The molecule has 2 aliphatic rings. The number of methoxy groups -OCH3 is 2. The van der Waals surface area contributed by atoms with E-state index in [-0.39, 0.29) is 23.8 Å². The summed E-state index contributed by atoms with van der Waals surface area (Å²) >= 11 is 0. The number of hydrogen-bond donors (Lipinski definition) is 1. The number of nitrogens with zero attached hydrogens (tertiary/aromatic N) is 1. The summed E-state index contributed by atoms with van der Waals surface area (Å²) in [6.07, 6.45) is 3.85. The molecule has 2 amide bonds. The van der Waals surface area contributed by atoms with Gasteiger partial charge in [-0.15, -0.1) is 0 Å². The SMILES string of the molecule is COc1cc(OC)cc(C(=O)N2CCC(C(=O)N[C@H](C)C3CC3)CC2)c1. The van der Waals surface area contributed by atoms with Crippen molar-refractivity contribution in [2.75, 3.05) is 27.3 Å². The van der Waals surface area contributed by atoms with Crippen molar-refractivity contribution in [2.24, 2.45) is 11.8 Å². The molecule has 1 atom stereocenters. The van der Waals surface area contributed by atoms with Crippen LogP contribution in [0.3, 0.4) is 0 Å². The molecule has 1 aliphatic heterocycles. The summed E-state index contributed by atoms with van der Waals surface area (Å²) in [6, 6.07) is 5.46. The molecule has 1 heterocycles. The number of carbonyl (C=O) groups excluding carboxylic acids is 2. The lowest BCUT2D eigenvalue weighted by atomic mass is 9.95. The number of carbonyl (C=O) groups is 2. The second-order valence-electron chi connectivity index (χ2n) is 7.30. The van der Waals surface area contributed by atoms with Crippen LogP contribution in [0.15, 0.2) is 18.2 Å². The molecular formula is C20H28N2O4. The first-order chi connectivity index (χ1) is 12.5. The van der Waals surface area contributed by atoms with Crippen molar-refractivity contribution >= 4 is 11.8 Å². The molecule has 0 bridgehead atoms. The average molecular weight is 360 g/mol. The van der Waals surface area contributed by atoms with Crippen LogP contribution in [0.25, 0.3) is 0 Å². The number of likely N-dealkylation sites (tertiary alicyclic amines) is 1. The highest BCUT2D eigenvalue weighted by Crippen LogP contribution is 2.32. The fraction of sp³-hybridized carbons (Fsp3) is 0.600. The minimum Gasteiger partial charge on any atom is -0.497 e. The van der Waals surface area contributed by atoms with Crippen LogP contribution in [0.4, 0.5) is 0 Å². The fourth-order valence-corrected chi connectivity index (χ4v) is 3.51. The van der Waals surface area contributed by atoms with Crippen molar-refractivity contribution in [3.8, 4) is 11.5 Å². The van der Waals surface area contributed by atoms with E-state index in [1.807, 2.05) is 4.90 Å². The topological polar surface area (TPSA) is 67.9 Å². The Morgan fingerprint density at radius 1 is 1.04 bits per heavy atom. The Morgan fingerprint density at radius 2 is 1.62 bits per heavy atom. The van der Waals surface area contributed by atoms with E-state index in [2.05, 4.69) is 12.2 Å². The van der Waals surface area contributed by atoms with Crippen LogP contribution >= 0.6 is 0 Å². The highest BCUT2D eigenvalue weighted by molar-refractivity contribution is 5.95. The molecule has 1 saturated heterocycles. The molecule has 142 valence electrons. The van der Waals surface area contributed by atoms with Crippen molar-refractivity contribution in [2.45, 2.75) is 38.6 Å². The fourth-order valence-electron chi connectivity index (χ4n) is 3.51. The van der Waals surface area contributed by atoms with E-state index in [0.717, 1.165) is 0 Å². The Morgan fingerprint density at radius 3 is 2.12 bits per heavy atom. The zero-order valence-corrected chi connectivity index (χ0v) is 15.8. The minimum absolute atomic E-state index is 0.0000885. The molecule has 6 heteroatoms. The summed E-state index contributed by atoms with van der Waals surface area (Å²) in [5, 5.41) is 3.14. The average Bonchev–Trinajstić information content (AvgIpc) is 3.52. The van der Waals surface area contributed by atoms with Crippen LogP contribution in [-0.2, 0) is 4.79 Å². The second kappa shape index (κ2) is 7.98. The summed E-state index contributed by atoms with van der Waals surface area (Å²) in [7, 11) is 3.13. The molecule has 1 N–H and O–H groups in total. The maximum atomic E-state index is 12.8. The van der Waals surface area contributed by atoms with E-state index >= 15 is 0 Å². The standard InChI is InChI=1S/C20H28N2O4/c1-13(14-4-5-14)21-19(23)15-6-8-22(9-7-15)20(24)16-10-17(25-2)12-18(11-16)26-3/h10-15H,4-9H2,1-3H3,(H,21,23)/t13-/m1/s1. The molecule has 0 spiro atoms. The lowest BCUT2D eigenvalue weighted by Crippen LogP contribution is -2.45. The lowest BCUT2D eigenvalue weighted by molar-refractivity contribution is -0.127. The van der Waals surface area contributed by atoms with Gasteiger partial charge in [0.15, 0.2) is 0 Å². The molecule has 1 aliphatic carbocycles. The van der Waals surface area contributed by atoms with Crippen molar-refractivity contribution in [3.63, 3.8) is 0 Å². The number of hydrogen-bond acceptors (Lipinski definition) is 4. The van der Waals surface area contributed by atoms with Gasteiger partial charge in [-0.1, -0.05) is 0 Å². The first-order valence-electron chi connectivity index (χ1n) is 9.34.